The SMILES string of the molecule is CO[C@@H]1O[C@H](CO[C@H]2O[C@H](COCc3ccccc3)[C@@H](OCc3ccccc3)[C@H](OCc3ccccc3)[C@@H](OCc3ccccc3)[C@@H]2O)[C@H]2OC(C)(C)O[C@@H]12. The molecule has 0 amide bonds. The summed E-state index contributed by atoms with van der Waals surface area (Å²) >= 11 is 0. The quantitative estimate of drug-likeness (QED) is 0.138. The third-order valence-electron chi connectivity index (χ3n) is 9.95. The van der Waals surface area contributed by atoms with Gasteiger partial charge in [-0.2, -0.15) is 0 Å². The van der Waals surface area contributed by atoms with Crippen molar-refractivity contribution < 1.29 is 52.5 Å². The van der Waals surface area contributed by atoms with Gasteiger partial charge < -0.3 is 52.5 Å². The molecule has 3 fully saturated rings. The first kappa shape index (κ1) is 39.7. The third-order valence-corrected chi connectivity index (χ3v) is 9.95. The molecule has 4 aromatic rings. The first-order chi connectivity index (χ1) is 26.9. The monoisotopic (exact) mass is 756 g/mol. The van der Waals surface area contributed by atoms with Gasteiger partial charge in [0.1, 0.15) is 48.8 Å². The second-order valence-corrected chi connectivity index (χ2v) is 14.5. The second-order valence-electron chi connectivity index (χ2n) is 14.5. The Hall–Kier alpha value is -3.56. The van der Waals surface area contributed by atoms with Gasteiger partial charge in [0.25, 0.3) is 0 Å². The molecule has 3 aliphatic rings. The van der Waals surface area contributed by atoms with Crippen molar-refractivity contribution in [1.29, 1.82) is 0 Å². The van der Waals surface area contributed by atoms with Crippen molar-refractivity contribution in [3.8, 4) is 0 Å². The molecule has 0 saturated carbocycles. The number of methoxy groups -OCH3 is 1. The van der Waals surface area contributed by atoms with E-state index >= 15 is 0 Å². The van der Waals surface area contributed by atoms with Gasteiger partial charge in [-0.3, -0.25) is 0 Å². The van der Waals surface area contributed by atoms with E-state index in [1.54, 1.807) is 7.11 Å². The van der Waals surface area contributed by atoms with Gasteiger partial charge in [0.15, 0.2) is 18.4 Å². The average Bonchev–Trinajstić information content (AvgIpc) is 3.67. The molecular formula is C44H52O11. The summed E-state index contributed by atoms with van der Waals surface area (Å²) in [5, 5.41) is 12.3. The maximum Gasteiger partial charge on any atom is 0.186 e. The molecule has 0 aliphatic carbocycles. The first-order valence-electron chi connectivity index (χ1n) is 18.9. The predicted molar refractivity (Wildman–Crippen MR) is 201 cm³/mol. The van der Waals surface area contributed by atoms with Crippen LogP contribution in [0.15, 0.2) is 121 Å². The molecule has 0 bridgehead atoms. The standard InChI is InChI=1S/C44H52O11/c1-44(2)54-38-35(53-43(46-3)41(38)55-44)29-51-42-36(45)39(49-26-32-20-12-6-13-21-32)40(50-27-33-22-14-7-15-23-33)37(48-25-31-18-10-5-11-19-31)34(52-42)28-47-24-30-16-8-4-9-17-30/h4-23,34-43,45H,24-29H2,1-3H3/t34-,35-,36+,37-,38-,39+,40+,41-,42+,43-/m1/s1. The Balaban J connectivity index is 1.20. The third kappa shape index (κ3) is 10.4. The second kappa shape index (κ2) is 19.1. The lowest BCUT2D eigenvalue weighted by atomic mass is 9.99. The molecule has 1 N–H and O–H groups in total. The molecule has 0 aromatic heterocycles. The van der Waals surface area contributed by atoms with Crippen LogP contribution in [-0.2, 0) is 73.8 Å². The molecule has 0 unspecified atom stereocenters. The van der Waals surface area contributed by atoms with Gasteiger partial charge in [-0.05, 0) is 36.1 Å². The molecule has 4 aromatic carbocycles. The van der Waals surface area contributed by atoms with Crippen LogP contribution in [0.2, 0.25) is 0 Å². The Morgan fingerprint density at radius 3 is 1.49 bits per heavy atom. The lowest BCUT2D eigenvalue weighted by molar-refractivity contribution is -0.265. The van der Waals surface area contributed by atoms with E-state index in [2.05, 4.69) is 0 Å². The number of hydrogen-bond acceptors (Lipinski definition) is 11. The minimum absolute atomic E-state index is 0.0102. The van der Waals surface area contributed by atoms with E-state index in [-0.39, 0.29) is 33.0 Å². The van der Waals surface area contributed by atoms with Crippen LogP contribution in [0, 0.1) is 0 Å². The van der Waals surface area contributed by atoms with Gasteiger partial charge in [-0.1, -0.05) is 121 Å². The Labute approximate surface area is 323 Å². The van der Waals surface area contributed by atoms with Gasteiger partial charge in [0.05, 0.1) is 39.6 Å². The van der Waals surface area contributed by atoms with Crippen molar-refractivity contribution in [3.63, 3.8) is 0 Å². The topological polar surface area (TPSA) is 113 Å². The van der Waals surface area contributed by atoms with Crippen molar-refractivity contribution in [2.24, 2.45) is 0 Å². The highest BCUT2D eigenvalue weighted by molar-refractivity contribution is 5.16. The number of aliphatic hydroxyl groups is 1. The lowest BCUT2D eigenvalue weighted by Crippen LogP contribution is -2.51. The zero-order chi connectivity index (χ0) is 38.0. The van der Waals surface area contributed by atoms with Crippen LogP contribution in [0.25, 0.3) is 0 Å². The van der Waals surface area contributed by atoms with Crippen molar-refractivity contribution in [1.82, 2.24) is 0 Å². The Morgan fingerprint density at radius 1 is 0.509 bits per heavy atom. The van der Waals surface area contributed by atoms with Gasteiger partial charge in [-0.15, -0.1) is 0 Å². The van der Waals surface area contributed by atoms with Gasteiger partial charge in [-0.25, -0.2) is 0 Å². The molecule has 0 radical (unpaired) electrons. The molecule has 3 heterocycles. The zero-order valence-corrected chi connectivity index (χ0v) is 31.6. The van der Waals surface area contributed by atoms with E-state index in [9.17, 15) is 5.11 Å². The number of rotatable bonds is 17. The van der Waals surface area contributed by atoms with Crippen molar-refractivity contribution in [2.75, 3.05) is 20.3 Å². The van der Waals surface area contributed by atoms with Gasteiger partial charge >= 0.3 is 0 Å². The largest absolute Gasteiger partial charge is 0.385 e. The summed E-state index contributed by atoms with van der Waals surface area (Å²) in [5.41, 5.74) is 3.86. The summed E-state index contributed by atoms with van der Waals surface area (Å²) in [4.78, 5) is 0. The van der Waals surface area contributed by atoms with Crippen molar-refractivity contribution >= 4 is 0 Å². The molecule has 10 atom stereocenters. The fourth-order valence-corrected chi connectivity index (χ4v) is 7.26. The number of aliphatic hydroxyl groups excluding tert-OH is 1. The highest BCUT2D eigenvalue weighted by atomic mass is 16.8. The summed E-state index contributed by atoms with van der Waals surface area (Å²) in [6.45, 7) is 4.87. The van der Waals surface area contributed by atoms with E-state index in [1.165, 1.54) is 0 Å². The van der Waals surface area contributed by atoms with Gasteiger partial charge in [0, 0.05) is 7.11 Å². The molecule has 11 nitrogen and oxygen atoms in total. The number of ether oxygens (including phenoxy) is 10. The van der Waals surface area contributed by atoms with Crippen LogP contribution in [-0.4, -0.2) is 92.6 Å². The Kier molecular flexibility index (Phi) is 13.7. The number of hydrogen-bond donors (Lipinski definition) is 1. The summed E-state index contributed by atoms with van der Waals surface area (Å²) in [5.74, 6) is -0.823. The summed E-state index contributed by atoms with van der Waals surface area (Å²) in [6, 6.07) is 39.5. The molecule has 7 rings (SSSR count). The van der Waals surface area contributed by atoms with Crippen LogP contribution in [0.5, 0.6) is 0 Å². The fourth-order valence-electron chi connectivity index (χ4n) is 7.26. The first-order valence-corrected chi connectivity index (χ1v) is 18.9. The highest BCUT2D eigenvalue weighted by Gasteiger charge is 2.56. The van der Waals surface area contributed by atoms with Crippen LogP contribution in [0.1, 0.15) is 36.1 Å². The zero-order valence-electron chi connectivity index (χ0n) is 31.6. The summed E-state index contributed by atoms with van der Waals surface area (Å²) < 4.78 is 63.9. The lowest BCUT2D eigenvalue weighted by Gasteiger charge is -2.35. The highest BCUT2D eigenvalue weighted by Crippen LogP contribution is 2.39. The molecule has 11 heteroatoms. The van der Waals surface area contributed by atoms with Crippen LogP contribution in [0.3, 0.4) is 0 Å². The van der Waals surface area contributed by atoms with Crippen molar-refractivity contribution in [2.45, 2.75) is 107 Å². The molecule has 55 heavy (non-hydrogen) atoms. The maximum atomic E-state index is 12.3. The van der Waals surface area contributed by atoms with Gasteiger partial charge in [0.2, 0.25) is 0 Å². The van der Waals surface area contributed by atoms with E-state index in [1.807, 2.05) is 135 Å². The summed E-state index contributed by atoms with van der Waals surface area (Å²) in [7, 11) is 1.57. The van der Waals surface area contributed by atoms with Crippen LogP contribution < -0.4 is 0 Å². The minimum Gasteiger partial charge on any atom is -0.385 e. The molecule has 3 saturated heterocycles. The van der Waals surface area contributed by atoms with Crippen LogP contribution in [0.4, 0.5) is 0 Å². The van der Waals surface area contributed by atoms with E-state index in [0.717, 1.165) is 22.3 Å². The number of fused-ring (bicyclic) bond motifs is 1. The maximum absolute atomic E-state index is 12.3. The average molecular weight is 757 g/mol. The van der Waals surface area contributed by atoms with E-state index in [0.29, 0.717) is 6.61 Å². The predicted octanol–water partition coefficient (Wildman–Crippen LogP) is 5.95. The summed E-state index contributed by atoms with van der Waals surface area (Å²) in [6.07, 6.45) is -7.93. The minimum atomic E-state index is -1.32. The fraction of sp³-hybridized carbons (Fsp3) is 0.455. The smallest absolute Gasteiger partial charge is 0.186 e. The molecule has 3 aliphatic heterocycles. The van der Waals surface area contributed by atoms with E-state index < -0.39 is 67.2 Å². The van der Waals surface area contributed by atoms with E-state index in [4.69, 9.17) is 47.4 Å². The normalized spacial score (nSPS) is 30.2. The van der Waals surface area contributed by atoms with Crippen molar-refractivity contribution in [3.05, 3.63) is 144 Å². The molecular weight excluding hydrogens is 704 g/mol. The molecule has 0 spiro atoms. The Morgan fingerprint density at radius 2 is 0.964 bits per heavy atom. The van der Waals surface area contributed by atoms with Crippen LogP contribution >= 0.6 is 0 Å². The Bertz CT molecular complexity index is 1700. The number of benzene rings is 4. The molecule has 294 valence electrons.